The van der Waals surface area contributed by atoms with Crippen LogP contribution in [-0.4, -0.2) is 65.1 Å². The average Bonchev–Trinajstić information content (AvgIpc) is 3.22. The fourth-order valence-electron chi connectivity index (χ4n) is 3.45. The first-order valence-electron chi connectivity index (χ1n) is 10.0. The van der Waals surface area contributed by atoms with Crippen molar-refractivity contribution in [2.24, 2.45) is 0 Å². The molecule has 1 saturated heterocycles. The lowest BCUT2D eigenvalue weighted by Gasteiger charge is -2.31. The average molecular weight is 425 g/mol. The molecule has 0 atom stereocenters. The molecule has 0 aliphatic carbocycles. The maximum atomic E-state index is 12.4. The Morgan fingerprint density at radius 3 is 2.60 bits per heavy atom. The fraction of sp³-hybridized carbons (Fsp3) is 0.333. The summed E-state index contributed by atoms with van der Waals surface area (Å²) >= 11 is 1.31. The zero-order chi connectivity index (χ0) is 20.9. The lowest BCUT2D eigenvalue weighted by molar-refractivity contribution is -0.880. The van der Waals surface area contributed by atoms with Gasteiger partial charge in [0, 0.05) is 11.4 Å². The first-order valence-corrected chi connectivity index (χ1v) is 11.0. The van der Waals surface area contributed by atoms with Crippen LogP contribution >= 0.6 is 11.8 Å². The Morgan fingerprint density at radius 2 is 1.87 bits per heavy atom. The van der Waals surface area contributed by atoms with Crippen molar-refractivity contribution < 1.29 is 9.69 Å². The number of nitrogens with one attached hydrogen (secondary N) is 2. The van der Waals surface area contributed by atoms with Crippen LogP contribution in [0.1, 0.15) is 5.56 Å². The fourth-order valence-corrected chi connectivity index (χ4v) is 4.13. The number of nitrogens with zero attached hydrogens (tertiary/aromatic N) is 5. The molecule has 1 aliphatic heterocycles. The normalized spacial score (nSPS) is 14.7. The highest BCUT2D eigenvalue weighted by Gasteiger charge is 2.17. The van der Waals surface area contributed by atoms with E-state index in [2.05, 4.69) is 44.9 Å². The Labute approximate surface area is 180 Å². The monoisotopic (exact) mass is 424 g/mol. The van der Waals surface area contributed by atoms with E-state index >= 15 is 0 Å². The summed E-state index contributed by atoms with van der Waals surface area (Å²) in [5.41, 5.74) is 3.97. The molecule has 4 rings (SSSR count). The summed E-state index contributed by atoms with van der Waals surface area (Å²) < 4.78 is 1.67. The van der Waals surface area contributed by atoms with Crippen molar-refractivity contribution >= 4 is 29.0 Å². The third-order valence-electron chi connectivity index (χ3n) is 5.25. The summed E-state index contributed by atoms with van der Waals surface area (Å²) in [6.45, 7) is 6.42. The molecule has 2 aromatic carbocycles. The van der Waals surface area contributed by atoms with Gasteiger partial charge < -0.3 is 15.1 Å². The number of carbonyl (C=O) groups excluding carboxylic acids is 1. The Balaban J connectivity index is 1.33. The molecular formula is C21H26N7OS+. The molecule has 30 heavy (non-hydrogen) atoms. The summed E-state index contributed by atoms with van der Waals surface area (Å²) in [5.74, 6) is 0.144. The van der Waals surface area contributed by atoms with Crippen LogP contribution in [0.15, 0.2) is 53.7 Å². The lowest BCUT2D eigenvalue weighted by Crippen LogP contribution is -3.12. The third-order valence-corrected chi connectivity index (χ3v) is 6.17. The van der Waals surface area contributed by atoms with Gasteiger partial charge >= 0.3 is 0 Å². The number of tetrazole rings is 1. The topological polar surface area (TPSA) is 80.4 Å². The van der Waals surface area contributed by atoms with Crippen LogP contribution in [0.2, 0.25) is 0 Å². The van der Waals surface area contributed by atoms with Gasteiger partial charge in [-0.25, -0.2) is 0 Å². The maximum Gasteiger partial charge on any atom is 0.234 e. The summed E-state index contributed by atoms with van der Waals surface area (Å²) in [6, 6.07) is 15.9. The van der Waals surface area contributed by atoms with E-state index < -0.39 is 0 Å². The summed E-state index contributed by atoms with van der Waals surface area (Å²) in [6.07, 6.45) is 0. The Hall–Kier alpha value is -2.91. The molecule has 0 unspecified atom stereocenters. The first kappa shape index (κ1) is 20.4. The molecule has 1 aromatic heterocycles. The minimum absolute atomic E-state index is 0.0877. The van der Waals surface area contributed by atoms with Gasteiger partial charge in [0.05, 0.1) is 44.7 Å². The second kappa shape index (κ2) is 9.27. The van der Waals surface area contributed by atoms with Gasteiger partial charge in [0.2, 0.25) is 11.1 Å². The van der Waals surface area contributed by atoms with Gasteiger partial charge in [0.25, 0.3) is 0 Å². The Kier molecular flexibility index (Phi) is 6.29. The molecule has 1 fully saturated rings. The van der Waals surface area contributed by atoms with Gasteiger partial charge in [0.1, 0.15) is 0 Å². The number of amides is 1. The molecule has 156 valence electrons. The molecule has 0 radical (unpaired) electrons. The van der Waals surface area contributed by atoms with Crippen molar-refractivity contribution in [3.63, 3.8) is 0 Å². The van der Waals surface area contributed by atoms with Gasteiger partial charge in [-0.2, -0.15) is 4.68 Å². The molecule has 2 N–H and O–H groups in total. The minimum atomic E-state index is -0.0877. The number of piperazine rings is 1. The molecule has 2 heterocycles. The number of para-hydroxylation sites is 1. The van der Waals surface area contributed by atoms with Crippen LogP contribution in [0.3, 0.4) is 0 Å². The van der Waals surface area contributed by atoms with Crippen molar-refractivity contribution in [1.29, 1.82) is 0 Å². The number of hydrogen-bond donors (Lipinski definition) is 2. The quantitative estimate of drug-likeness (QED) is 0.576. The molecule has 8 nitrogen and oxygen atoms in total. The number of benzene rings is 2. The van der Waals surface area contributed by atoms with Crippen molar-refractivity contribution in [2.45, 2.75) is 12.1 Å². The van der Waals surface area contributed by atoms with Crippen LogP contribution < -0.4 is 15.1 Å². The molecule has 0 saturated carbocycles. The zero-order valence-corrected chi connectivity index (χ0v) is 18.0. The number of thioether (sulfide) groups is 1. The Morgan fingerprint density at radius 1 is 1.13 bits per heavy atom. The lowest BCUT2D eigenvalue weighted by atomic mass is 10.2. The molecule has 0 spiro atoms. The number of rotatable bonds is 6. The number of anilines is 2. The summed E-state index contributed by atoms with van der Waals surface area (Å²) in [4.78, 5) is 16.4. The van der Waals surface area contributed by atoms with E-state index in [9.17, 15) is 4.79 Å². The predicted octanol–water partition coefficient (Wildman–Crippen LogP) is 1.04. The number of quaternary nitrogens is 1. The number of carbonyl (C=O) groups is 1. The van der Waals surface area contributed by atoms with Gasteiger partial charge in [-0.1, -0.05) is 30.0 Å². The number of aromatic nitrogens is 4. The number of hydrogen-bond acceptors (Lipinski definition) is 6. The van der Waals surface area contributed by atoms with Gasteiger partial charge in [0.15, 0.2) is 0 Å². The molecular weight excluding hydrogens is 398 g/mol. The van der Waals surface area contributed by atoms with E-state index in [1.54, 1.807) is 9.58 Å². The Bertz CT molecular complexity index is 997. The second-order valence-electron chi connectivity index (χ2n) is 7.49. The predicted molar refractivity (Wildman–Crippen MR) is 119 cm³/mol. The van der Waals surface area contributed by atoms with Crippen LogP contribution in [-0.2, 0) is 4.79 Å². The SMILES string of the molecule is Cc1ccccc1-n1nnnc1SCC(=O)Nc1ccc(N2CC[NH+](C)CC2)cc1. The van der Waals surface area contributed by atoms with E-state index in [1.807, 2.05) is 43.3 Å². The third kappa shape index (κ3) is 4.80. The number of aryl methyl sites for hydroxylation is 1. The molecule has 1 aliphatic rings. The van der Waals surface area contributed by atoms with Crippen molar-refractivity contribution in [2.75, 3.05) is 49.2 Å². The summed E-state index contributed by atoms with van der Waals surface area (Å²) in [7, 11) is 2.23. The molecule has 9 heteroatoms. The van der Waals surface area contributed by atoms with E-state index in [-0.39, 0.29) is 11.7 Å². The first-order chi connectivity index (χ1) is 14.6. The maximum absolute atomic E-state index is 12.4. The van der Waals surface area contributed by atoms with Gasteiger partial charge in [-0.15, -0.1) is 5.10 Å². The molecule has 0 bridgehead atoms. The van der Waals surface area contributed by atoms with Crippen molar-refractivity contribution in [3.8, 4) is 5.69 Å². The van der Waals surface area contributed by atoms with E-state index in [4.69, 9.17) is 0 Å². The number of likely N-dealkylation sites (N-methyl/N-ethyl adjacent to an activating group) is 1. The minimum Gasteiger partial charge on any atom is -0.360 e. The van der Waals surface area contributed by atoms with Gasteiger partial charge in [-0.05, 0) is 53.2 Å². The van der Waals surface area contributed by atoms with E-state index in [0.29, 0.717) is 5.16 Å². The van der Waals surface area contributed by atoms with Crippen LogP contribution in [0, 0.1) is 6.92 Å². The van der Waals surface area contributed by atoms with Crippen LogP contribution in [0.5, 0.6) is 0 Å². The van der Waals surface area contributed by atoms with Gasteiger partial charge in [-0.3, -0.25) is 4.79 Å². The standard InChI is InChI=1S/C21H25N7OS/c1-16-5-3-4-6-19(16)28-21(23-24-25-28)30-15-20(29)22-17-7-9-18(10-8-17)27-13-11-26(2)12-14-27/h3-10H,11-15H2,1-2H3,(H,22,29)/p+1. The highest BCUT2D eigenvalue weighted by atomic mass is 32.2. The van der Waals surface area contributed by atoms with E-state index in [1.165, 1.54) is 17.4 Å². The van der Waals surface area contributed by atoms with E-state index in [0.717, 1.165) is 43.1 Å². The summed E-state index contributed by atoms with van der Waals surface area (Å²) in [5, 5.41) is 15.4. The van der Waals surface area contributed by atoms with Crippen molar-refractivity contribution in [1.82, 2.24) is 20.2 Å². The smallest absolute Gasteiger partial charge is 0.234 e. The second-order valence-corrected chi connectivity index (χ2v) is 8.43. The highest BCUT2D eigenvalue weighted by Crippen LogP contribution is 2.21. The molecule has 3 aromatic rings. The van der Waals surface area contributed by atoms with Crippen molar-refractivity contribution in [3.05, 3.63) is 54.1 Å². The largest absolute Gasteiger partial charge is 0.360 e. The van der Waals surface area contributed by atoms with Crippen LogP contribution in [0.4, 0.5) is 11.4 Å². The highest BCUT2D eigenvalue weighted by molar-refractivity contribution is 7.99. The molecule has 1 amide bonds. The zero-order valence-electron chi connectivity index (χ0n) is 17.2. The van der Waals surface area contributed by atoms with Crippen LogP contribution in [0.25, 0.3) is 5.69 Å².